The molecule has 2 nitrogen and oxygen atoms in total. The first-order valence-electron chi connectivity index (χ1n) is 2.43. The Bertz CT molecular complexity index is 154. The Hall–Kier alpha value is 0.0321. The molecule has 0 spiro atoms. The Morgan fingerprint density at radius 2 is 2.33 bits per heavy atom. The van der Waals surface area contributed by atoms with Gasteiger partial charge in [-0.2, -0.15) is 0 Å². The predicted octanol–water partition coefficient (Wildman–Crippen LogP) is -0.342. The molecule has 1 aromatic heterocycles. The summed E-state index contributed by atoms with van der Waals surface area (Å²) < 4.78 is 0. The normalized spacial score (nSPS) is 8.11. The van der Waals surface area contributed by atoms with Gasteiger partial charge >= 0.3 is 27.3 Å². The molecule has 0 saturated heterocycles. The third-order valence-corrected chi connectivity index (χ3v) is 0.905. The quantitative estimate of drug-likeness (QED) is 0.719. The van der Waals surface area contributed by atoms with Crippen molar-refractivity contribution < 1.29 is 5.11 Å². The van der Waals surface area contributed by atoms with E-state index >= 15 is 0 Å². The Kier molecular flexibility index (Phi) is 4.89. The van der Waals surface area contributed by atoms with Gasteiger partial charge in [-0.1, -0.05) is 6.07 Å². The molecule has 0 amide bonds. The molecule has 0 fully saturated rings. The number of hydrogen-bond donors (Lipinski definition) is 1. The zero-order chi connectivity index (χ0) is 5.82. The molecule has 0 bridgehead atoms. The van der Waals surface area contributed by atoms with Crippen molar-refractivity contribution in [2.24, 2.45) is 0 Å². The molecule has 0 unspecified atom stereocenters. The van der Waals surface area contributed by atoms with E-state index in [1.165, 1.54) is 0 Å². The summed E-state index contributed by atoms with van der Waals surface area (Å²) in [5.41, 5.74) is 0.854. The molecule has 9 heavy (non-hydrogen) atoms. The topological polar surface area (TPSA) is 33.1 Å². The fraction of sp³-hybridized carbons (Fsp3) is 0.167. The van der Waals surface area contributed by atoms with E-state index in [1.807, 2.05) is 6.07 Å². The minimum atomic E-state index is 0. The number of rotatable bonds is 1. The number of aliphatic hydroxyl groups is 1. The Labute approximate surface area is 74.1 Å². The molecule has 1 N–H and O–H groups in total. The first kappa shape index (κ1) is 9.03. The van der Waals surface area contributed by atoms with Gasteiger partial charge in [-0.25, -0.2) is 0 Å². The first-order chi connectivity index (χ1) is 3.93. The monoisotopic (exact) mass is 319 g/mol. The number of nitrogens with zero attached hydrogens (tertiary/aromatic N) is 1. The molecule has 1 heterocycles. The van der Waals surface area contributed by atoms with Crippen molar-refractivity contribution in [2.75, 3.05) is 0 Å². The molecule has 3 heteroatoms. The number of aliphatic hydroxyl groups excluding tert-OH is 1. The van der Waals surface area contributed by atoms with E-state index < -0.39 is 0 Å². The van der Waals surface area contributed by atoms with Crippen LogP contribution in [0.3, 0.4) is 0 Å². The second-order valence-corrected chi connectivity index (χ2v) is 1.52. The van der Waals surface area contributed by atoms with Crippen LogP contribution in [0.15, 0.2) is 24.5 Å². The van der Waals surface area contributed by atoms with Crippen molar-refractivity contribution in [3.8, 4) is 0 Å². The van der Waals surface area contributed by atoms with Crippen LogP contribution in [0.5, 0.6) is 0 Å². The van der Waals surface area contributed by atoms with Gasteiger partial charge in [0.2, 0.25) is 0 Å². The van der Waals surface area contributed by atoms with Crippen molar-refractivity contribution in [1.82, 2.24) is 4.98 Å². The molecule has 0 aliphatic rings. The van der Waals surface area contributed by atoms with Crippen LogP contribution in [0.4, 0.5) is 0 Å². The fourth-order valence-electron chi connectivity index (χ4n) is 0.492. The maximum atomic E-state index is 8.50. The van der Waals surface area contributed by atoms with E-state index in [0.29, 0.717) is 0 Å². The van der Waals surface area contributed by atoms with E-state index in [0.717, 1.165) is 5.56 Å². The summed E-state index contributed by atoms with van der Waals surface area (Å²) in [5, 5.41) is 8.50. The van der Waals surface area contributed by atoms with E-state index in [1.54, 1.807) is 18.5 Å². The van der Waals surface area contributed by atoms with Crippen LogP contribution in [0, 0.1) is 0 Å². The van der Waals surface area contributed by atoms with Crippen molar-refractivity contribution in [3.63, 3.8) is 0 Å². The van der Waals surface area contributed by atoms with Gasteiger partial charge in [-0.3, -0.25) is 4.98 Å². The van der Waals surface area contributed by atoms with E-state index in [9.17, 15) is 0 Å². The number of hydrogen-bond acceptors (Lipinski definition) is 2. The summed E-state index contributed by atoms with van der Waals surface area (Å²) in [5.74, 6) is 0. The van der Waals surface area contributed by atoms with E-state index in [-0.39, 0.29) is 33.9 Å². The van der Waals surface area contributed by atoms with Crippen LogP contribution in [0.25, 0.3) is 0 Å². The second kappa shape index (κ2) is 4.87. The van der Waals surface area contributed by atoms with E-state index in [2.05, 4.69) is 4.98 Å². The molecular weight excluding hydrogens is 309 g/mol. The van der Waals surface area contributed by atoms with Gasteiger partial charge in [0, 0.05) is 12.4 Å². The van der Waals surface area contributed by atoms with Crippen LogP contribution >= 0.6 is 0 Å². The number of aromatic nitrogens is 1. The third-order valence-electron chi connectivity index (χ3n) is 0.905. The van der Waals surface area contributed by atoms with Gasteiger partial charge in [-0.05, 0) is 11.6 Å². The predicted molar refractivity (Wildman–Crippen MR) is 38.7 cm³/mol. The van der Waals surface area contributed by atoms with Gasteiger partial charge in [0.05, 0.1) is 6.61 Å². The van der Waals surface area contributed by atoms with Gasteiger partial charge in [0.1, 0.15) is 0 Å². The van der Waals surface area contributed by atoms with Gasteiger partial charge < -0.3 is 5.11 Å². The molecule has 0 aliphatic carbocycles. The number of pyridine rings is 1. The van der Waals surface area contributed by atoms with E-state index in [4.69, 9.17) is 5.11 Å². The van der Waals surface area contributed by atoms with Gasteiger partial charge in [0.25, 0.3) is 0 Å². The molecule has 2 radical (unpaired) electrons. The molecule has 1 aromatic rings. The Morgan fingerprint density at radius 1 is 1.56 bits per heavy atom. The van der Waals surface area contributed by atoms with Crippen LogP contribution in [-0.2, 0) is 6.61 Å². The van der Waals surface area contributed by atoms with Crippen LogP contribution in [0.1, 0.15) is 5.56 Å². The van der Waals surface area contributed by atoms with Crippen molar-refractivity contribution in [1.29, 1.82) is 0 Å². The van der Waals surface area contributed by atoms with Crippen molar-refractivity contribution in [2.45, 2.75) is 6.61 Å². The fourth-order valence-corrected chi connectivity index (χ4v) is 0.492. The zero-order valence-electron chi connectivity index (χ0n) is 5.12. The Morgan fingerprint density at radius 3 is 2.67 bits per heavy atom. The summed E-state index contributed by atoms with van der Waals surface area (Å²) in [4.78, 5) is 3.80. The molecule has 0 atom stereocenters. The molecule has 1 rings (SSSR count). The Balaban J connectivity index is 0.000000640. The van der Waals surface area contributed by atoms with Crippen molar-refractivity contribution in [3.05, 3.63) is 30.1 Å². The van der Waals surface area contributed by atoms with Gasteiger partial charge in [0.15, 0.2) is 0 Å². The molecule has 48 valence electrons. The molecule has 0 saturated carbocycles. The van der Waals surface area contributed by atoms with Gasteiger partial charge in [-0.15, -0.1) is 0 Å². The van der Waals surface area contributed by atoms with Crippen LogP contribution in [0.2, 0.25) is 0 Å². The standard InChI is InChI=1S/C6H7NO.Pb.2H/c8-5-6-2-1-3-7-4-6;;;/h1-4,8H,5H2;;;. The maximum absolute atomic E-state index is 8.50. The van der Waals surface area contributed by atoms with Crippen molar-refractivity contribution >= 4 is 27.3 Å². The summed E-state index contributed by atoms with van der Waals surface area (Å²) in [6, 6.07) is 3.62. The minimum absolute atomic E-state index is 0. The second-order valence-electron chi connectivity index (χ2n) is 1.52. The molecular formula is C6H9NOPb. The summed E-state index contributed by atoms with van der Waals surface area (Å²) in [6.07, 6.45) is 3.32. The van der Waals surface area contributed by atoms with Crippen LogP contribution < -0.4 is 0 Å². The average Bonchev–Trinajstić information content (AvgIpc) is 1.90. The summed E-state index contributed by atoms with van der Waals surface area (Å²) in [6.45, 7) is 0.0772. The first-order valence-corrected chi connectivity index (χ1v) is 2.43. The average molecular weight is 318 g/mol. The zero-order valence-corrected chi connectivity index (χ0v) is 10.6. The summed E-state index contributed by atoms with van der Waals surface area (Å²) >= 11 is 0. The molecule has 0 aliphatic heterocycles. The summed E-state index contributed by atoms with van der Waals surface area (Å²) in [7, 11) is 0. The molecule has 0 aromatic carbocycles. The van der Waals surface area contributed by atoms with Crippen LogP contribution in [-0.4, -0.2) is 37.4 Å². The SMILES string of the molecule is OCc1cccnc1.[PbH2]. The third kappa shape index (κ3) is 2.90.